The number of amides is 1. The number of carbonyl (C=O) groups excluding carboxylic acids is 1. The van der Waals surface area contributed by atoms with Crippen LogP contribution in [0.2, 0.25) is 5.02 Å². The normalized spacial score (nSPS) is 11.2. The van der Waals surface area contributed by atoms with Gasteiger partial charge in [-0.3, -0.25) is 28.7 Å². The number of nitrogens with zero attached hydrogens (tertiary/aromatic N) is 4. The second-order valence-corrected chi connectivity index (χ2v) is 8.37. The Morgan fingerprint density at radius 3 is 2.70 bits per heavy atom. The summed E-state index contributed by atoms with van der Waals surface area (Å²) < 4.78 is 7.96. The van der Waals surface area contributed by atoms with Crippen molar-refractivity contribution in [3.63, 3.8) is 0 Å². The maximum absolute atomic E-state index is 13.4. The fourth-order valence-corrected chi connectivity index (χ4v) is 3.60. The SMILES string of the molecule is COCCN(C(=O)c1cnn(Cc2ccccc2Cl)c1)c1c(N)n(CC(C)C)c(=O)[nH]c1=O. The summed E-state index contributed by atoms with van der Waals surface area (Å²) in [7, 11) is 1.48. The lowest BCUT2D eigenvalue weighted by atomic mass is 10.2. The van der Waals surface area contributed by atoms with Crippen molar-refractivity contribution in [3.05, 3.63) is 73.6 Å². The first-order valence-corrected chi connectivity index (χ1v) is 10.8. The molecule has 10 nitrogen and oxygen atoms in total. The minimum absolute atomic E-state index is 0.0538. The Morgan fingerprint density at radius 2 is 2.03 bits per heavy atom. The van der Waals surface area contributed by atoms with Crippen molar-refractivity contribution in [1.29, 1.82) is 0 Å². The van der Waals surface area contributed by atoms with Gasteiger partial charge in [0.15, 0.2) is 5.69 Å². The molecule has 1 amide bonds. The van der Waals surface area contributed by atoms with Crippen LogP contribution >= 0.6 is 11.6 Å². The number of aromatic nitrogens is 4. The van der Waals surface area contributed by atoms with Crippen molar-refractivity contribution in [1.82, 2.24) is 19.3 Å². The molecular formula is C22H27ClN6O4. The largest absolute Gasteiger partial charge is 0.383 e. The van der Waals surface area contributed by atoms with Crippen LogP contribution in [-0.2, 0) is 17.8 Å². The monoisotopic (exact) mass is 474 g/mol. The molecule has 0 aliphatic carbocycles. The molecular weight excluding hydrogens is 448 g/mol. The molecule has 1 aromatic carbocycles. The van der Waals surface area contributed by atoms with Crippen LogP contribution in [0, 0.1) is 5.92 Å². The summed E-state index contributed by atoms with van der Waals surface area (Å²) >= 11 is 6.22. The summed E-state index contributed by atoms with van der Waals surface area (Å²) in [5, 5.41) is 4.84. The molecule has 0 aliphatic rings. The molecule has 0 radical (unpaired) electrons. The van der Waals surface area contributed by atoms with E-state index in [0.717, 1.165) is 5.56 Å². The van der Waals surface area contributed by atoms with Gasteiger partial charge in [-0.25, -0.2) is 4.79 Å². The van der Waals surface area contributed by atoms with Crippen molar-refractivity contribution in [2.75, 3.05) is 30.9 Å². The second-order valence-electron chi connectivity index (χ2n) is 7.97. The van der Waals surface area contributed by atoms with E-state index in [-0.39, 0.29) is 42.7 Å². The molecule has 0 saturated carbocycles. The molecule has 176 valence electrons. The highest BCUT2D eigenvalue weighted by Crippen LogP contribution is 2.21. The molecule has 0 atom stereocenters. The number of nitrogens with two attached hydrogens (primary N) is 1. The highest BCUT2D eigenvalue weighted by atomic mass is 35.5. The molecule has 11 heteroatoms. The van der Waals surface area contributed by atoms with Gasteiger partial charge >= 0.3 is 5.69 Å². The highest BCUT2D eigenvalue weighted by molar-refractivity contribution is 6.31. The number of benzene rings is 1. The van der Waals surface area contributed by atoms with Gasteiger partial charge in [-0.2, -0.15) is 5.10 Å². The average molecular weight is 475 g/mol. The lowest BCUT2D eigenvalue weighted by Gasteiger charge is -2.24. The lowest BCUT2D eigenvalue weighted by molar-refractivity contribution is 0.0975. The summed E-state index contributed by atoms with van der Waals surface area (Å²) in [6.07, 6.45) is 2.98. The summed E-state index contributed by atoms with van der Waals surface area (Å²) in [6, 6.07) is 7.34. The number of nitrogen functional groups attached to an aromatic ring is 1. The van der Waals surface area contributed by atoms with E-state index < -0.39 is 17.2 Å². The third kappa shape index (κ3) is 5.52. The fourth-order valence-electron chi connectivity index (χ4n) is 3.40. The van der Waals surface area contributed by atoms with Crippen LogP contribution in [0.15, 0.2) is 46.2 Å². The zero-order chi connectivity index (χ0) is 24.1. The number of halogens is 1. The van der Waals surface area contributed by atoms with Crippen molar-refractivity contribution in [3.8, 4) is 0 Å². The zero-order valence-electron chi connectivity index (χ0n) is 18.7. The van der Waals surface area contributed by atoms with Gasteiger partial charge in [0.2, 0.25) is 0 Å². The summed E-state index contributed by atoms with van der Waals surface area (Å²) in [5.41, 5.74) is 5.84. The standard InChI is InChI=1S/C22H27ClN6O4/c1-14(2)11-29-19(24)18(20(30)26-22(29)32)28(8-9-33-3)21(31)16-10-25-27(13-16)12-15-6-4-5-7-17(15)23/h4-7,10,13-14H,8-9,11-12,24H2,1-3H3,(H,26,30,32). The van der Waals surface area contributed by atoms with Crippen LogP contribution in [-0.4, -0.2) is 45.5 Å². The predicted molar refractivity (Wildman–Crippen MR) is 127 cm³/mol. The number of methoxy groups -OCH3 is 1. The number of carbonyl (C=O) groups is 1. The van der Waals surface area contributed by atoms with E-state index in [4.69, 9.17) is 22.1 Å². The van der Waals surface area contributed by atoms with Crippen molar-refractivity contribution in [2.24, 2.45) is 5.92 Å². The number of aromatic amines is 1. The first-order valence-electron chi connectivity index (χ1n) is 10.4. The number of hydrogen-bond acceptors (Lipinski definition) is 6. The second kappa shape index (κ2) is 10.5. The Hall–Kier alpha value is -3.37. The molecule has 3 N–H and O–H groups in total. The first-order chi connectivity index (χ1) is 15.7. The number of rotatable bonds is 9. The van der Waals surface area contributed by atoms with Gasteiger partial charge in [0.1, 0.15) is 5.82 Å². The molecule has 0 fully saturated rings. The number of nitrogens with one attached hydrogen (secondary N) is 1. The van der Waals surface area contributed by atoms with Crippen LogP contribution in [0.5, 0.6) is 0 Å². The lowest BCUT2D eigenvalue weighted by Crippen LogP contribution is -2.42. The van der Waals surface area contributed by atoms with Gasteiger partial charge in [0.05, 0.1) is 24.9 Å². The Kier molecular flexibility index (Phi) is 7.72. The quantitative estimate of drug-likeness (QED) is 0.488. The molecule has 0 aliphatic heterocycles. The Morgan fingerprint density at radius 1 is 1.30 bits per heavy atom. The molecule has 0 unspecified atom stereocenters. The maximum Gasteiger partial charge on any atom is 0.330 e. The maximum atomic E-state index is 13.4. The molecule has 2 aromatic heterocycles. The van der Waals surface area contributed by atoms with E-state index in [2.05, 4.69) is 10.1 Å². The molecule has 2 heterocycles. The van der Waals surface area contributed by atoms with Gasteiger partial charge in [0.25, 0.3) is 11.5 Å². The van der Waals surface area contributed by atoms with Crippen LogP contribution < -0.4 is 21.9 Å². The van der Waals surface area contributed by atoms with Gasteiger partial charge in [-0.15, -0.1) is 0 Å². The van der Waals surface area contributed by atoms with Gasteiger partial charge in [-0.05, 0) is 17.5 Å². The topological polar surface area (TPSA) is 128 Å². The smallest absolute Gasteiger partial charge is 0.330 e. The molecule has 33 heavy (non-hydrogen) atoms. The van der Waals surface area contributed by atoms with E-state index in [9.17, 15) is 14.4 Å². The Balaban J connectivity index is 1.98. The van der Waals surface area contributed by atoms with Gasteiger partial charge in [0, 0.05) is 31.4 Å². The molecule has 3 rings (SSSR count). The molecule has 0 saturated heterocycles. The minimum Gasteiger partial charge on any atom is -0.383 e. The Labute approximate surface area is 195 Å². The molecule has 0 bridgehead atoms. The number of H-pyrrole nitrogens is 1. The van der Waals surface area contributed by atoms with Crippen LogP contribution in [0.4, 0.5) is 11.5 Å². The summed E-state index contributed by atoms with van der Waals surface area (Å²) in [6.45, 7) is 4.69. The molecule has 0 spiro atoms. The van der Waals surface area contributed by atoms with Crippen LogP contribution in [0.1, 0.15) is 29.8 Å². The van der Waals surface area contributed by atoms with Crippen molar-refractivity contribution >= 4 is 29.0 Å². The van der Waals surface area contributed by atoms with E-state index >= 15 is 0 Å². The third-order valence-corrected chi connectivity index (χ3v) is 5.34. The van der Waals surface area contributed by atoms with E-state index in [1.807, 2.05) is 32.0 Å². The third-order valence-electron chi connectivity index (χ3n) is 4.97. The summed E-state index contributed by atoms with van der Waals surface area (Å²) in [5.74, 6) is -0.482. The number of anilines is 2. The zero-order valence-corrected chi connectivity index (χ0v) is 19.5. The average Bonchev–Trinajstić information content (AvgIpc) is 3.23. The predicted octanol–water partition coefficient (Wildman–Crippen LogP) is 1.97. The van der Waals surface area contributed by atoms with Crippen molar-refractivity contribution in [2.45, 2.75) is 26.9 Å². The highest BCUT2D eigenvalue weighted by Gasteiger charge is 2.26. The number of ether oxygens (including phenoxy) is 1. The van der Waals surface area contributed by atoms with Crippen LogP contribution in [0.3, 0.4) is 0 Å². The Bertz CT molecular complexity index is 1250. The fraction of sp³-hybridized carbons (Fsp3) is 0.364. The first kappa shape index (κ1) is 24.3. The summed E-state index contributed by atoms with van der Waals surface area (Å²) in [4.78, 5) is 41.9. The van der Waals surface area contributed by atoms with E-state index in [1.54, 1.807) is 16.9 Å². The van der Waals surface area contributed by atoms with Crippen LogP contribution in [0.25, 0.3) is 0 Å². The van der Waals surface area contributed by atoms with Gasteiger partial charge in [-0.1, -0.05) is 43.6 Å². The molecule has 3 aromatic rings. The number of hydrogen-bond donors (Lipinski definition) is 2. The minimum atomic E-state index is -0.745. The van der Waals surface area contributed by atoms with E-state index in [0.29, 0.717) is 11.6 Å². The van der Waals surface area contributed by atoms with Gasteiger partial charge < -0.3 is 10.5 Å². The van der Waals surface area contributed by atoms with Crippen molar-refractivity contribution < 1.29 is 9.53 Å². The van der Waals surface area contributed by atoms with E-state index in [1.165, 1.54) is 22.8 Å².